The highest BCUT2D eigenvalue weighted by atomic mass is 16.4. The normalized spacial score (nSPS) is 17.7. The number of hydrogen-bond acceptors (Lipinski definition) is 6. The lowest BCUT2D eigenvalue weighted by molar-refractivity contribution is 0.0909. The maximum absolute atomic E-state index is 12.0. The van der Waals surface area contributed by atoms with Gasteiger partial charge < -0.3 is 16.3 Å². The fourth-order valence-electron chi connectivity index (χ4n) is 2.27. The van der Waals surface area contributed by atoms with Gasteiger partial charge in [-0.15, -0.1) is 0 Å². The second kappa shape index (κ2) is 6.98. The van der Waals surface area contributed by atoms with Gasteiger partial charge in [0.1, 0.15) is 5.69 Å². The Balaban J connectivity index is 1.80. The molecule has 1 aromatic heterocycles. The van der Waals surface area contributed by atoms with Crippen LogP contribution in [0, 0.1) is 6.92 Å². The van der Waals surface area contributed by atoms with Gasteiger partial charge >= 0.3 is 0 Å². The Bertz CT molecular complexity index is 508. The van der Waals surface area contributed by atoms with Gasteiger partial charge in [0.2, 0.25) is 0 Å². The number of carbonyl (C=O) groups excluding carboxylic acids is 1. The minimum Gasteiger partial charge on any atom is -0.409 e. The summed E-state index contributed by atoms with van der Waals surface area (Å²) in [5, 5.41) is 14.5. The van der Waals surface area contributed by atoms with Crippen molar-refractivity contribution in [3.8, 4) is 0 Å². The summed E-state index contributed by atoms with van der Waals surface area (Å²) in [6.07, 6.45) is 4.71. The summed E-state index contributed by atoms with van der Waals surface area (Å²) < 4.78 is 0. The number of aromatic nitrogens is 2. The molecular weight excluding hydrogens is 272 g/mol. The largest absolute Gasteiger partial charge is 0.409 e. The van der Waals surface area contributed by atoms with Gasteiger partial charge in [0.05, 0.1) is 18.4 Å². The first-order valence-electron chi connectivity index (χ1n) is 6.86. The summed E-state index contributed by atoms with van der Waals surface area (Å²) >= 11 is 0. The summed E-state index contributed by atoms with van der Waals surface area (Å²) in [6, 6.07) is 0.115. The quantitative estimate of drug-likeness (QED) is 0.304. The molecule has 1 fully saturated rings. The fourth-order valence-corrected chi connectivity index (χ4v) is 2.27. The SMILES string of the molecule is Cc1cnc(C(=O)NC2CCN(CC(N)=NO)CC2)cn1. The first-order chi connectivity index (χ1) is 10.1. The molecule has 0 atom stereocenters. The first-order valence-corrected chi connectivity index (χ1v) is 6.86. The lowest BCUT2D eigenvalue weighted by Crippen LogP contribution is -2.46. The average Bonchev–Trinajstić information content (AvgIpc) is 2.49. The molecule has 1 amide bonds. The zero-order chi connectivity index (χ0) is 15.2. The zero-order valence-corrected chi connectivity index (χ0v) is 12.0. The van der Waals surface area contributed by atoms with Gasteiger partial charge in [-0.1, -0.05) is 5.16 Å². The molecule has 1 aromatic rings. The molecule has 21 heavy (non-hydrogen) atoms. The second-order valence-corrected chi connectivity index (χ2v) is 5.16. The van der Waals surface area contributed by atoms with Gasteiger partial charge in [-0.2, -0.15) is 0 Å². The predicted octanol–water partition coefficient (Wildman–Crippen LogP) is -0.274. The Labute approximate surface area is 123 Å². The van der Waals surface area contributed by atoms with Crippen molar-refractivity contribution in [3.63, 3.8) is 0 Å². The van der Waals surface area contributed by atoms with Gasteiger partial charge in [0, 0.05) is 25.3 Å². The highest BCUT2D eigenvalue weighted by Crippen LogP contribution is 2.10. The Morgan fingerprint density at radius 3 is 2.76 bits per heavy atom. The number of oxime groups is 1. The number of nitrogens with one attached hydrogen (secondary N) is 1. The smallest absolute Gasteiger partial charge is 0.271 e. The molecule has 8 nitrogen and oxygen atoms in total. The van der Waals surface area contributed by atoms with E-state index in [-0.39, 0.29) is 17.8 Å². The topological polar surface area (TPSA) is 117 Å². The predicted molar refractivity (Wildman–Crippen MR) is 77.1 cm³/mol. The van der Waals surface area contributed by atoms with Gasteiger partial charge in [0.25, 0.3) is 5.91 Å². The highest BCUT2D eigenvalue weighted by molar-refractivity contribution is 5.92. The van der Waals surface area contributed by atoms with Crippen LogP contribution in [0.3, 0.4) is 0 Å². The molecular formula is C13H20N6O2. The van der Waals surface area contributed by atoms with E-state index in [9.17, 15) is 4.79 Å². The van der Waals surface area contributed by atoms with Crippen LogP contribution in [0.25, 0.3) is 0 Å². The van der Waals surface area contributed by atoms with Gasteiger partial charge in [-0.3, -0.25) is 14.7 Å². The summed E-state index contributed by atoms with van der Waals surface area (Å²) in [4.78, 5) is 22.2. The maximum atomic E-state index is 12.0. The van der Waals surface area contributed by atoms with Crippen molar-refractivity contribution in [2.45, 2.75) is 25.8 Å². The Morgan fingerprint density at radius 1 is 1.48 bits per heavy atom. The minimum absolute atomic E-state index is 0.115. The van der Waals surface area contributed by atoms with Crippen LogP contribution in [0.5, 0.6) is 0 Å². The number of hydrogen-bond donors (Lipinski definition) is 3. The summed E-state index contributed by atoms with van der Waals surface area (Å²) in [7, 11) is 0. The molecule has 0 radical (unpaired) electrons. The van der Waals surface area contributed by atoms with E-state index in [4.69, 9.17) is 10.9 Å². The number of carbonyl (C=O) groups is 1. The van der Waals surface area contributed by atoms with Crippen LogP contribution in [0.1, 0.15) is 29.0 Å². The number of piperidine rings is 1. The van der Waals surface area contributed by atoms with Crippen LogP contribution in [-0.2, 0) is 0 Å². The van der Waals surface area contributed by atoms with E-state index in [1.165, 1.54) is 6.20 Å². The number of aryl methyl sites for hydroxylation is 1. The number of nitrogens with zero attached hydrogens (tertiary/aromatic N) is 4. The Hall–Kier alpha value is -2.22. The molecule has 0 aliphatic carbocycles. The molecule has 0 aromatic carbocycles. The van der Waals surface area contributed by atoms with Gasteiger partial charge in [0.15, 0.2) is 5.84 Å². The molecule has 2 heterocycles. The maximum Gasteiger partial charge on any atom is 0.271 e. The molecule has 4 N–H and O–H groups in total. The molecule has 0 unspecified atom stereocenters. The van der Waals surface area contributed by atoms with E-state index in [1.807, 2.05) is 6.92 Å². The van der Waals surface area contributed by atoms with Crippen LogP contribution in [0.2, 0.25) is 0 Å². The first kappa shape index (κ1) is 15.2. The summed E-state index contributed by atoms with van der Waals surface area (Å²) in [5.74, 6) is 0.00444. The number of rotatable bonds is 4. The van der Waals surface area contributed by atoms with Gasteiger partial charge in [-0.05, 0) is 19.8 Å². The molecule has 1 aliphatic rings. The third-order valence-corrected chi connectivity index (χ3v) is 3.45. The molecule has 0 spiro atoms. The van der Waals surface area contributed by atoms with Crippen molar-refractivity contribution in [2.24, 2.45) is 10.9 Å². The fraction of sp³-hybridized carbons (Fsp3) is 0.538. The van der Waals surface area contributed by atoms with E-state index in [1.54, 1.807) is 6.20 Å². The second-order valence-electron chi connectivity index (χ2n) is 5.16. The number of amidine groups is 1. The van der Waals surface area contributed by atoms with Crippen LogP contribution < -0.4 is 11.1 Å². The third-order valence-electron chi connectivity index (χ3n) is 3.45. The van der Waals surface area contributed by atoms with E-state index in [0.717, 1.165) is 31.6 Å². The standard InChI is InChI=1S/C13H20N6O2/c1-9-6-16-11(7-15-9)13(20)17-10-2-4-19(5-3-10)8-12(14)18-21/h6-7,10,21H,2-5,8H2,1H3,(H2,14,18)(H,17,20). The van der Waals surface area contributed by atoms with E-state index in [2.05, 4.69) is 25.3 Å². The molecule has 0 saturated carbocycles. The average molecular weight is 292 g/mol. The summed E-state index contributed by atoms with van der Waals surface area (Å²) in [6.45, 7) is 3.86. The third kappa shape index (κ3) is 4.38. The van der Waals surface area contributed by atoms with Crippen molar-refractivity contribution in [2.75, 3.05) is 19.6 Å². The van der Waals surface area contributed by atoms with Crippen molar-refractivity contribution in [1.29, 1.82) is 0 Å². The van der Waals surface area contributed by atoms with Gasteiger partial charge in [-0.25, -0.2) is 4.98 Å². The summed E-state index contributed by atoms with van der Waals surface area (Å²) in [5.41, 5.74) is 6.59. The number of nitrogens with two attached hydrogens (primary N) is 1. The van der Waals surface area contributed by atoms with E-state index >= 15 is 0 Å². The van der Waals surface area contributed by atoms with Crippen molar-refractivity contribution < 1.29 is 10.0 Å². The molecule has 1 saturated heterocycles. The minimum atomic E-state index is -0.197. The molecule has 0 bridgehead atoms. The van der Waals surface area contributed by atoms with E-state index in [0.29, 0.717) is 12.2 Å². The van der Waals surface area contributed by atoms with Crippen LogP contribution in [-0.4, -0.2) is 57.5 Å². The Morgan fingerprint density at radius 2 is 2.19 bits per heavy atom. The Kier molecular flexibility index (Phi) is 5.04. The molecule has 8 heteroatoms. The zero-order valence-electron chi connectivity index (χ0n) is 12.0. The molecule has 1 aliphatic heterocycles. The molecule has 114 valence electrons. The van der Waals surface area contributed by atoms with Crippen molar-refractivity contribution >= 4 is 11.7 Å². The van der Waals surface area contributed by atoms with Crippen LogP contribution in [0.15, 0.2) is 17.5 Å². The van der Waals surface area contributed by atoms with Crippen LogP contribution >= 0.6 is 0 Å². The number of likely N-dealkylation sites (tertiary alicyclic amines) is 1. The monoisotopic (exact) mass is 292 g/mol. The lowest BCUT2D eigenvalue weighted by atomic mass is 10.0. The van der Waals surface area contributed by atoms with Crippen molar-refractivity contribution in [1.82, 2.24) is 20.2 Å². The highest BCUT2D eigenvalue weighted by Gasteiger charge is 2.22. The lowest BCUT2D eigenvalue weighted by Gasteiger charge is -2.31. The van der Waals surface area contributed by atoms with E-state index < -0.39 is 0 Å². The van der Waals surface area contributed by atoms with Crippen LogP contribution in [0.4, 0.5) is 0 Å². The van der Waals surface area contributed by atoms with Crippen molar-refractivity contribution in [3.05, 3.63) is 23.8 Å². The number of amides is 1. The molecule has 2 rings (SSSR count).